The maximum Gasteiger partial charge on any atom is 0.317 e. The van der Waals surface area contributed by atoms with Gasteiger partial charge in [0.25, 0.3) is 0 Å². The SMILES string of the molecule is O=C(NC[C@@H](c1ccccc1)N1CCCCC1)N1CCC2(CCO2)CC1. The molecule has 4 rings (SSSR count). The molecule has 1 spiro atoms. The molecule has 3 aliphatic rings. The van der Waals surface area contributed by atoms with Crippen molar-refractivity contribution in [2.75, 3.05) is 39.3 Å². The van der Waals surface area contributed by atoms with Gasteiger partial charge >= 0.3 is 6.03 Å². The second-order valence-corrected chi connectivity index (χ2v) is 7.98. The van der Waals surface area contributed by atoms with E-state index in [1.807, 2.05) is 4.90 Å². The minimum absolute atomic E-state index is 0.0807. The number of ether oxygens (including phenoxy) is 1. The largest absolute Gasteiger partial charge is 0.375 e. The van der Waals surface area contributed by atoms with Gasteiger partial charge in [0.2, 0.25) is 0 Å². The van der Waals surface area contributed by atoms with Crippen LogP contribution in [0.5, 0.6) is 0 Å². The van der Waals surface area contributed by atoms with E-state index in [4.69, 9.17) is 4.74 Å². The van der Waals surface area contributed by atoms with Crippen molar-refractivity contribution in [1.29, 1.82) is 0 Å². The highest BCUT2D eigenvalue weighted by Crippen LogP contribution is 2.36. The Morgan fingerprint density at radius 1 is 1.04 bits per heavy atom. The number of benzene rings is 1. The lowest BCUT2D eigenvalue weighted by Gasteiger charge is -2.47. The van der Waals surface area contributed by atoms with Gasteiger partial charge in [-0.05, 0) is 50.8 Å². The molecule has 0 saturated carbocycles. The fraction of sp³-hybridized carbons (Fsp3) is 0.667. The molecule has 5 heteroatoms. The molecule has 1 aromatic carbocycles. The summed E-state index contributed by atoms with van der Waals surface area (Å²) in [7, 11) is 0. The fourth-order valence-corrected chi connectivity index (χ4v) is 4.56. The Kier molecular flexibility index (Phi) is 5.46. The van der Waals surface area contributed by atoms with Gasteiger partial charge in [-0.25, -0.2) is 4.79 Å². The molecule has 0 aliphatic carbocycles. The van der Waals surface area contributed by atoms with Crippen molar-refractivity contribution in [3.05, 3.63) is 35.9 Å². The molecule has 3 saturated heterocycles. The summed E-state index contributed by atoms with van der Waals surface area (Å²) in [5.41, 5.74) is 1.40. The second kappa shape index (κ2) is 7.97. The highest BCUT2D eigenvalue weighted by molar-refractivity contribution is 5.74. The van der Waals surface area contributed by atoms with E-state index in [0.29, 0.717) is 6.54 Å². The average Bonchev–Trinajstić information content (AvgIpc) is 2.68. The number of piperidine rings is 2. The third-order valence-electron chi connectivity index (χ3n) is 6.39. The lowest BCUT2D eigenvalue weighted by atomic mass is 9.84. The van der Waals surface area contributed by atoms with Crippen LogP contribution in [-0.2, 0) is 4.74 Å². The van der Waals surface area contributed by atoms with E-state index in [0.717, 1.165) is 52.0 Å². The van der Waals surface area contributed by atoms with Crippen molar-refractivity contribution in [3.63, 3.8) is 0 Å². The number of nitrogens with one attached hydrogen (secondary N) is 1. The van der Waals surface area contributed by atoms with Crippen LogP contribution in [0.25, 0.3) is 0 Å². The highest BCUT2D eigenvalue weighted by atomic mass is 16.5. The molecule has 5 nitrogen and oxygen atoms in total. The van der Waals surface area contributed by atoms with E-state index in [9.17, 15) is 4.79 Å². The van der Waals surface area contributed by atoms with Gasteiger partial charge < -0.3 is 15.0 Å². The molecule has 3 heterocycles. The van der Waals surface area contributed by atoms with Crippen LogP contribution < -0.4 is 5.32 Å². The molecule has 2 amide bonds. The first-order valence-corrected chi connectivity index (χ1v) is 10.2. The Morgan fingerprint density at radius 3 is 2.35 bits per heavy atom. The van der Waals surface area contributed by atoms with Gasteiger partial charge in [0.05, 0.1) is 18.2 Å². The molecule has 3 fully saturated rings. The summed E-state index contributed by atoms with van der Waals surface area (Å²) in [5, 5.41) is 3.22. The van der Waals surface area contributed by atoms with Gasteiger partial charge in [-0.15, -0.1) is 0 Å². The molecule has 0 radical (unpaired) electrons. The van der Waals surface area contributed by atoms with Crippen LogP contribution in [0.1, 0.15) is 50.1 Å². The van der Waals surface area contributed by atoms with Crippen molar-refractivity contribution >= 4 is 6.03 Å². The number of amides is 2. The van der Waals surface area contributed by atoms with Gasteiger partial charge in [-0.1, -0.05) is 36.8 Å². The third-order valence-corrected chi connectivity index (χ3v) is 6.39. The van der Waals surface area contributed by atoms with Crippen LogP contribution >= 0.6 is 0 Å². The predicted octanol–water partition coefficient (Wildman–Crippen LogP) is 3.18. The number of urea groups is 1. The number of likely N-dealkylation sites (tertiary alicyclic amines) is 2. The Hall–Kier alpha value is -1.59. The van der Waals surface area contributed by atoms with E-state index >= 15 is 0 Å². The topological polar surface area (TPSA) is 44.8 Å². The molecular weight excluding hydrogens is 326 g/mol. The van der Waals surface area contributed by atoms with Gasteiger partial charge in [0.1, 0.15) is 0 Å². The maximum absolute atomic E-state index is 12.7. The van der Waals surface area contributed by atoms with E-state index in [1.54, 1.807) is 0 Å². The van der Waals surface area contributed by atoms with Crippen LogP contribution in [0.3, 0.4) is 0 Å². The summed E-state index contributed by atoms with van der Waals surface area (Å²) in [5.74, 6) is 0. The van der Waals surface area contributed by atoms with Crippen LogP contribution in [0, 0.1) is 0 Å². The van der Waals surface area contributed by atoms with E-state index in [1.165, 1.54) is 24.8 Å². The van der Waals surface area contributed by atoms with Gasteiger partial charge in [0, 0.05) is 19.6 Å². The van der Waals surface area contributed by atoms with Crippen molar-refractivity contribution < 1.29 is 9.53 Å². The average molecular weight is 357 g/mol. The minimum Gasteiger partial charge on any atom is -0.375 e. The van der Waals surface area contributed by atoms with E-state index < -0.39 is 0 Å². The quantitative estimate of drug-likeness (QED) is 0.900. The number of hydrogen-bond acceptors (Lipinski definition) is 3. The standard InChI is InChI=1S/C21H31N3O2/c25-20(24-14-9-21(10-15-24)11-16-26-21)22-17-19(18-7-3-1-4-8-18)23-12-5-2-6-13-23/h1,3-4,7-8,19H,2,5-6,9-17H2,(H,22,25)/t19-/m0/s1. The zero-order valence-electron chi connectivity index (χ0n) is 15.7. The lowest BCUT2D eigenvalue weighted by molar-refractivity contribution is -0.169. The zero-order valence-corrected chi connectivity index (χ0v) is 15.7. The molecule has 1 N–H and O–H groups in total. The Morgan fingerprint density at radius 2 is 1.73 bits per heavy atom. The molecule has 26 heavy (non-hydrogen) atoms. The first kappa shape index (κ1) is 17.8. The van der Waals surface area contributed by atoms with Crippen LogP contribution in [-0.4, -0.2) is 60.8 Å². The molecule has 3 aliphatic heterocycles. The Labute approximate surface area is 156 Å². The van der Waals surface area contributed by atoms with Gasteiger partial charge in [-0.3, -0.25) is 4.90 Å². The smallest absolute Gasteiger partial charge is 0.317 e. The summed E-state index contributed by atoms with van der Waals surface area (Å²) >= 11 is 0. The molecule has 142 valence electrons. The molecule has 0 aromatic heterocycles. The number of hydrogen-bond donors (Lipinski definition) is 1. The van der Waals surface area contributed by atoms with Crippen molar-refractivity contribution in [1.82, 2.24) is 15.1 Å². The normalized spacial score (nSPS) is 24.1. The van der Waals surface area contributed by atoms with Crippen LogP contribution in [0.15, 0.2) is 30.3 Å². The first-order chi connectivity index (χ1) is 12.8. The Bertz CT molecular complexity index is 587. The third kappa shape index (κ3) is 3.89. The van der Waals surface area contributed by atoms with Crippen LogP contribution in [0.2, 0.25) is 0 Å². The number of nitrogens with zero attached hydrogens (tertiary/aromatic N) is 2. The maximum atomic E-state index is 12.7. The van der Waals surface area contributed by atoms with Crippen molar-refractivity contribution in [2.24, 2.45) is 0 Å². The number of carbonyl (C=O) groups is 1. The summed E-state index contributed by atoms with van der Waals surface area (Å²) in [6.45, 7) is 5.44. The Balaban J connectivity index is 1.34. The summed E-state index contributed by atoms with van der Waals surface area (Å²) < 4.78 is 5.76. The minimum atomic E-state index is 0.0807. The van der Waals surface area contributed by atoms with E-state index in [2.05, 4.69) is 40.5 Å². The first-order valence-electron chi connectivity index (χ1n) is 10.2. The lowest BCUT2D eigenvalue weighted by Crippen LogP contribution is -2.55. The summed E-state index contributed by atoms with van der Waals surface area (Å²) in [4.78, 5) is 17.2. The molecule has 1 aromatic rings. The monoisotopic (exact) mass is 357 g/mol. The summed E-state index contributed by atoms with van der Waals surface area (Å²) in [6, 6.07) is 11.0. The summed E-state index contributed by atoms with van der Waals surface area (Å²) in [6.07, 6.45) is 6.95. The van der Waals surface area contributed by atoms with Gasteiger partial charge in [0.15, 0.2) is 0 Å². The second-order valence-electron chi connectivity index (χ2n) is 7.98. The highest BCUT2D eigenvalue weighted by Gasteiger charge is 2.42. The van der Waals surface area contributed by atoms with E-state index in [-0.39, 0.29) is 17.7 Å². The predicted molar refractivity (Wildman–Crippen MR) is 102 cm³/mol. The van der Waals surface area contributed by atoms with Crippen molar-refractivity contribution in [3.8, 4) is 0 Å². The molecular formula is C21H31N3O2. The molecule has 0 unspecified atom stereocenters. The number of carbonyl (C=O) groups excluding carboxylic acids is 1. The van der Waals surface area contributed by atoms with Crippen molar-refractivity contribution in [2.45, 2.75) is 50.2 Å². The molecule has 1 atom stereocenters. The molecule has 0 bridgehead atoms. The zero-order chi connectivity index (χ0) is 17.8. The van der Waals surface area contributed by atoms with Crippen LogP contribution in [0.4, 0.5) is 4.79 Å². The number of rotatable bonds is 4. The van der Waals surface area contributed by atoms with Gasteiger partial charge in [-0.2, -0.15) is 0 Å². The fourth-order valence-electron chi connectivity index (χ4n) is 4.56.